The first kappa shape index (κ1) is 11.7. The van der Waals surface area contributed by atoms with Gasteiger partial charge in [-0.2, -0.15) is 5.26 Å². The molecular formula is C9H11N5O2. The molecule has 0 atom stereocenters. The van der Waals surface area contributed by atoms with Gasteiger partial charge >= 0.3 is 5.97 Å². The number of allylic oxidation sites excluding steroid dienone is 1. The zero-order valence-corrected chi connectivity index (χ0v) is 8.65. The van der Waals surface area contributed by atoms with Gasteiger partial charge in [0.15, 0.2) is 5.57 Å². The summed E-state index contributed by atoms with van der Waals surface area (Å²) in [5.74, 6) is 4.81. The number of nitrogens with one attached hydrogen (secondary N) is 2. The third-order valence-electron chi connectivity index (χ3n) is 1.71. The number of hydrogen-bond donors (Lipinski definition) is 3. The van der Waals surface area contributed by atoms with Gasteiger partial charge in [-0.1, -0.05) is 0 Å². The minimum Gasteiger partial charge on any atom is -0.462 e. The third kappa shape index (κ3) is 2.59. The number of hydrazine groups is 1. The van der Waals surface area contributed by atoms with Crippen LogP contribution in [0.3, 0.4) is 0 Å². The predicted octanol–water partition coefficient (Wildman–Crippen LogP) is -0.737. The highest BCUT2D eigenvalue weighted by Gasteiger charge is 2.16. The van der Waals surface area contributed by atoms with E-state index < -0.39 is 5.97 Å². The summed E-state index contributed by atoms with van der Waals surface area (Å²) in [6, 6.07) is 1.77. The Morgan fingerprint density at radius 3 is 3.12 bits per heavy atom. The Morgan fingerprint density at radius 2 is 2.56 bits per heavy atom. The second-order valence-electron chi connectivity index (χ2n) is 2.70. The van der Waals surface area contributed by atoms with Crippen molar-refractivity contribution in [3.63, 3.8) is 0 Å². The Morgan fingerprint density at radius 1 is 1.81 bits per heavy atom. The summed E-state index contributed by atoms with van der Waals surface area (Å²) in [4.78, 5) is 15.2. The second kappa shape index (κ2) is 5.53. The Labute approximate surface area is 92.2 Å². The van der Waals surface area contributed by atoms with Gasteiger partial charge in [0.1, 0.15) is 11.9 Å². The Hall–Kier alpha value is -2.33. The number of aliphatic imine (C=N–C) groups is 1. The van der Waals surface area contributed by atoms with Gasteiger partial charge in [0.2, 0.25) is 0 Å². The van der Waals surface area contributed by atoms with E-state index in [0.717, 1.165) is 0 Å². The maximum atomic E-state index is 11.4. The van der Waals surface area contributed by atoms with Crippen LogP contribution in [0.4, 0.5) is 0 Å². The molecular weight excluding hydrogens is 210 g/mol. The Kier molecular flexibility index (Phi) is 4.06. The van der Waals surface area contributed by atoms with Crippen LogP contribution in [-0.2, 0) is 9.53 Å². The molecule has 16 heavy (non-hydrogen) atoms. The van der Waals surface area contributed by atoms with Crippen molar-refractivity contribution in [2.45, 2.75) is 6.92 Å². The number of rotatable bonds is 3. The monoisotopic (exact) mass is 221 g/mol. The molecule has 0 spiro atoms. The molecule has 0 unspecified atom stereocenters. The number of nitriles is 1. The standard InChI is InChI=1S/C9H11N5O2/c1-2-16-9(15)6(4-10)7-3-8(14-11)13-5-12-7/h3,5,14H,2,11H2,1H3,(H,12,13)/b7-6-. The van der Waals surface area contributed by atoms with Crippen LogP contribution in [0.2, 0.25) is 0 Å². The second-order valence-corrected chi connectivity index (χ2v) is 2.70. The lowest BCUT2D eigenvalue weighted by Gasteiger charge is -2.11. The van der Waals surface area contributed by atoms with Gasteiger partial charge in [-0.25, -0.2) is 15.6 Å². The largest absolute Gasteiger partial charge is 0.462 e. The lowest BCUT2D eigenvalue weighted by molar-refractivity contribution is -0.138. The summed E-state index contributed by atoms with van der Waals surface area (Å²) >= 11 is 0. The first-order valence-corrected chi connectivity index (χ1v) is 4.51. The molecule has 1 rings (SSSR count). The first-order valence-electron chi connectivity index (χ1n) is 4.51. The average Bonchev–Trinajstić information content (AvgIpc) is 2.31. The molecule has 0 aromatic rings. The van der Waals surface area contributed by atoms with Gasteiger partial charge in [0.25, 0.3) is 0 Å². The molecule has 84 valence electrons. The van der Waals surface area contributed by atoms with Crippen molar-refractivity contribution in [1.29, 1.82) is 5.26 Å². The molecule has 1 aliphatic rings. The molecule has 0 saturated carbocycles. The molecule has 0 aromatic carbocycles. The summed E-state index contributed by atoms with van der Waals surface area (Å²) in [6.45, 7) is 1.87. The molecule has 7 nitrogen and oxygen atoms in total. The lowest BCUT2D eigenvalue weighted by Crippen LogP contribution is -2.26. The fourth-order valence-electron chi connectivity index (χ4n) is 1.03. The van der Waals surface area contributed by atoms with Crippen molar-refractivity contribution in [2.24, 2.45) is 10.8 Å². The molecule has 1 aliphatic heterocycles. The first-order chi connectivity index (χ1) is 7.72. The van der Waals surface area contributed by atoms with Crippen molar-refractivity contribution >= 4 is 12.3 Å². The molecule has 0 saturated heterocycles. The molecule has 0 amide bonds. The van der Waals surface area contributed by atoms with E-state index in [0.29, 0.717) is 11.5 Å². The minimum absolute atomic E-state index is 0.124. The molecule has 0 bridgehead atoms. The maximum absolute atomic E-state index is 11.4. The molecule has 1 heterocycles. The van der Waals surface area contributed by atoms with Crippen molar-refractivity contribution < 1.29 is 9.53 Å². The molecule has 0 aromatic heterocycles. The molecule has 0 aliphatic carbocycles. The van der Waals surface area contributed by atoms with Crippen molar-refractivity contribution in [3.05, 3.63) is 23.2 Å². The molecule has 4 N–H and O–H groups in total. The average molecular weight is 221 g/mol. The van der Waals surface area contributed by atoms with Crippen LogP contribution in [0, 0.1) is 11.3 Å². The van der Waals surface area contributed by atoms with Crippen LogP contribution in [0.1, 0.15) is 6.92 Å². The van der Waals surface area contributed by atoms with Gasteiger partial charge in [0, 0.05) is 6.08 Å². The summed E-state index contributed by atoms with van der Waals surface area (Å²) in [5.41, 5.74) is 2.48. The Bertz CT molecular complexity index is 416. The van der Waals surface area contributed by atoms with Crippen LogP contribution >= 0.6 is 0 Å². The van der Waals surface area contributed by atoms with E-state index >= 15 is 0 Å². The topological polar surface area (TPSA) is 113 Å². The van der Waals surface area contributed by atoms with Crippen LogP contribution < -0.4 is 16.6 Å². The summed E-state index contributed by atoms with van der Waals surface area (Å²) in [6.07, 6.45) is 2.76. The fourth-order valence-corrected chi connectivity index (χ4v) is 1.03. The fraction of sp³-hybridized carbons (Fsp3) is 0.222. The number of carbonyl (C=O) groups is 1. The van der Waals surface area contributed by atoms with Crippen LogP contribution in [-0.4, -0.2) is 18.9 Å². The van der Waals surface area contributed by atoms with Crippen LogP contribution in [0.5, 0.6) is 0 Å². The predicted molar refractivity (Wildman–Crippen MR) is 56.3 cm³/mol. The summed E-state index contributed by atoms with van der Waals surface area (Å²) in [5, 5.41) is 11.5. The van der Waals surface area contributed by atoms with E-state index in [-0.39, 0.29) is 12.2 Å². The van der Waals surface area contributed by atoms with Crippen molar-refractivity contribution in [2.75, 3.05) is 6.61 Å². The molecule has 0 fully saturated rings. The Balaban J connectivity index is 3.02. The number of hydrogen-bond acceptors (Lipinski definition) is 7. The van der Waals surface area contributed by atoms with Gasteiger partial charge in [-0.3, -0.25) is 0 Å². The third-order valence-corrected chi connectivity index (χ3v) is 1.71. The number of nitrogens with zero attached hydrogens (tertiary/aromatic N) is 2. The van der Waals surface area contributed by atoms with E-state index in [4.69, 9.17) is 15.8 Å². The highest BCUT2D eigenvalue weighted by atomic mass is 16.5. The number of ether oxygens (including phenoxy) is 1. The highest BCUT2D eigenvalue weighted by molar-refractivity contribution is 5.94. The quantitative estimate of drug-likeness (QED) is 0.190. The lowest BCUT2D eigenvalue weighted by atomic mass is 10.2. The summed E-state index contributed by atoms with van der Waals surface area (Å²) < 4.78 is 4.73. The zero-order valence-electron chi connectivity index (χ0n) is 8.65. The van der Waals surface area contributed by atoms with Gasteiger partial charge in [-0.15, -0.1) is 0 Å². The number of esters is 1. The summed E-state index contributed by atoms with van der Waals surface area (Å²) in [7, 11) is 0. The van der Waals surface area contributed by atoms with E-state index in [1.807, 2.05) is 0 Å². The van der Waals surface area contributed by atoms with Crippen LogP contribution in [0.25, 0.3) is 0 Å². The van der Waals surface area contributed by atoms with E-state index in [9.17, 15) is 4.79 Å². The van der Waals surface area contributed by atoms with Gasteiger partial charge in [0.05, 0.1) is 18.6 Å². The number of carbonyl (C=O) groups excluding carboxylic acids is 1. The highest BCUT2D eigenvalue weighted by Crippen LogP contribution is 2.09. The van der Waals surface area contributed by atoms with Gasteiger partial charge < -0.3 is 15.5 Å². The zero-order chi connectivity index (χ0) is 12.0. The smallest absolute Gasteiger partial charge is 0.351 e. The van der Waals surface area contributed by atoms with Crippen molar-refractivity contribution in [3.8, 4) is 6.07 Å². The number of nitrogens with two attached hydrogens (primary N) is 1. The van der Waals surface area contributed by atoms with E-state index in [2.05, 4.69) is 15.7 Å². The van der Waals surface area contributed by atoms with E-state index in [1.54, 1.807) is 13.0 Å². The molecule has 0 radical (unpaired) electrons. The maximum Gasteiger partial charge on any atom is 0.351 e. The van der Waals surface area contributed by atoms with Crippen LogP contribution in [0.15, 0.2) is 28.2 Å². The van der Waals surface area contributed by atoms with Crippen molar-refractivity contribution in [1.82, 2.24) is 10.7 Å². The molecule has 7 heteroatoms. The minimum atomic E-state index is -0.685. The SMILES string of the molecule is CCOC(=O)/C(C#N)=C1/C=C(NN)N=CN1. The van der Waals surface area contributed by atoms with E-state index in [1.165, 1.54) is 12.4 Å². The van der Waals surface area contributed by atoms with Gasteiger partial charge in [-0.05, 0) is 6.92 Å². The normalized spacial score (nSPS) is 16.7.